The van der Waals surface area contributed by atoms with Crippen molar-refractivity contribution in [2.24, 2.45) is 0 Å². The van der Waals surface area contributed by atoms with E-state index in [1.54, 1.807) is 25.3 Å². The van der Waals surface area contributed by atoms with E-state index in [0.717, 1.165) is 0 Å². The van der Waals surface area contributed by atoms with Crippen molar-refractivity contribution in [1.82, 2.24) is 0 Å². The second-order valence-electron chi connectivity index (χ2n) is 2.65. The molecule has 0 unspecified atom stereocenters. The molecule has 0 bridgehead atoms. The molecule has 0 aliphatic carbocycles. The monoisotopic (exact) mass is 214 g/mol. The van der Waals surface area contributed by atoms with Crippen molar-refractivity contribution < 1.29 is 14.3 Å². The van der Waals surface area contributed by atoms with Crippen molar-refractivity contribution in [1.29, 1.82) is 0 Å². The highest BCUT2D eigenvalue weighted by molar-refractivity contribution is 6.17. The molecule has 0 spiro atoms. The van der Waals surface area contributed by atoms with Gasteiger partial charge in [0, 0.05) is 5.88 Å². The van der Waals surface area contributed by atoms with Crippen LogP contribution in [0.2, 0.25) is 0 Å². The van der Waals surface area contributed by atoms with Gasteiger partial charge in [-0.15, -0.1) is 11.6 Å². The first-order chi connectivity index (χ1) is 6.72. The lowest BCUT2D eigenvalue weighted by Crippen LogP contribution is -2.04. The third kappa shape index (κ3) is 2.17. The molecule has 0 radical (unpaired) electrons. The Labute approximate surface area is 87.6 Å². The second-order valence-corrected chi connectivity index (χ2v) is 2.92. The molecule has 0 aliphatic rings. The summed E-state index contributed by atoms with van der Waals surface area (Å²) >= 11 is 5.70. The second kappa shape index (κ2) is 4.86. The maximum Gasteiger partial charge on any atom is 0.338 e. The van der Waals surface area contributed by atoms with Gasteiger partial charge in [-0.1, -0.05) is 0 Å². The van der Waals surface area contributed by atoms with Crippen LogP contribution in [0.3, 0.4) is 0 Å². The van der Waals surface area contributed by atoms with Gasteiger partial charge in [0.05, 0.1) is 19.8 Å². The van der Waals surface area contributed by atoms with Crippen LogP contribution in [0.5, 0.6) is 5.75 Å². The van der Waals surface area contributed by atoms with E-state index < -0.39 is 0 Å². The Morgan fingerprint density at radius 1 is 1.43 bits per heavy atom. The molecular weight excluding hydrogens is 204 g/mol. The minimum atomic E-state index is -0.386. The summed E-state index contributed by atoms with van der Waals surface area (Å²) in [5, 5.41) is 0. The molecule has 0 amide bonds. The third-order valence-corrected chi connectivity index (χ3v) is 2.15. The number of carbonyl (C=O) groups excluding carboxylic acids is 1. The highest BCUT2D eigenvalue weighted by Crippen LogP contribution is 2.19. The van der Waals surface area contributed by atoms with Gasteiger partial charge in [-0.25, -0.2) is 4.79 Å². The third-order valence-electron chi connectivity index (χ3n) is 1.86. The van der Waals surface area contributed by atoms with Gasteiger partial charge >= 0.3 is 5.97 Å². The van der Waals surface area contributed by atoms with Crippen molar-refractivity contribution in [3.8, 4) is 5.75 Å². The fourth-order valence-electron chi connectivity index (χ4n) is 1.12. The Morgan fingerprint density at radius 2 is 2.14 bits per heavy atom. The molecule has 3 nitrogen and oxygen atoms in total. The number of halogens is 1. The van der Waals surface area contributed by atoms with Gasteiger partial charge in [0.15, 0.2) is 0 Å². The van der Waals surface area contributed by atoms with E-state index in [-0.39, 0.29) is 11.8 Å². The number of hydrogen-bond acceptors (Lipinski definition) is 3. The topological polar surface area (TPSA) is 35.5 Å². The predicted octanol–water partition coefficient (Wildman–Crippen LogP) is 2.22. The first-order valence-corrected chi connectivity index (χ1v) is 4.57. The lowest BCUT2D eigenvalue weighted by atomic mass is 10.1. The van der Waals surface area contributed by atoms with E-state index in [1.165, 1.54) is 7.11 Å². The number of methoxy groups -OCH3 is 2. The summed E-state index contributed by atoms with van der Waals surface area (Å²) in [6.45, 7) is 0. The molecule has 4 heteroatoms. The zero-order valence-corrected chi connectivity index (χ0v) is 8.80. The molecule has 0 heterocycles. The summed E-state index contributed by atoms with van der Waals surface area (Å²) in [6, 6.07) is 5.06. The number of alkyl halides is 1. The Hall–Kier alpha value is -1.22. The summed E-state index contributed by atoms with van der Waals surface area (Å²) < 4.78 is 9.63. The van der Waals surface area contributed by atoms with Gasteiger partial charge in [-0.05, 0) is 23.8 Å². The summed E-state index contributed by atoms with van der Waals surface area (Å²) in [4.78, 5) is 11.3. The minimum absolute atomic E-state index is 0.252. The highest BCUT2D eigenvalue weighted by Gasteiger charge is 2.11. The Kier molecular flexibility index (Phi) is 3.77. The summed E-state index contributed by atoms with van der Waals surface area (Å²) in [7, 11) is 2.90. The van der Waals surface area contributed by atoms with Gasteiger partial charge in [-0.3, -0.25) is 0 Å². The fraction of sp³-hybridized carbons (Fsp3) is 0.300. The van der Waals surface area contributed by atoms with Crippen molar-refractivity contribution >= 4 is 17.6 Å². The Balaban J connectivity index is 3.11. The lowest BCUT2D eigenvalue weighted by molar-refractivity contribution is 0.0600. The molecule has 0 aliphatic heterocycles. The zero-order chi connectivity index (χ0) is 10.6. The van der Waals surface area contributed by atoms with E-state index in [1.807, 2.05) is 0 Å². The van der Waals surface area contributed by atoms with Crippen molar-refractivity contribution in [3.05, 3.63) is 29.3 Å². The minimum Gasteiger partial charge on any atom is -0.497 e. The highest BCUT2D eigenvalue weighted by atomic mass is 35.5. The molecule has 0 fully saturated rings. The normalized spacial score (nSPS) is 9.64. The Bertz CT molecular complexity index is 336. The zero-order valence-electron chi connectivity index (χ0n) is 8.04. The molecule has 0 N–H and O–H groups in total. The maximum absolute atomic E-state index is 11.3. The molecule has 0 saturated heterocycles. The van der Waals surface area contributed by atoms with Crippen LogP contribution in [0.25, 0.3) is 0 Å². The molecule has 14 heavy (non-hydrogen) atoms. The largest absolute Gasteiger partial charge is 0.497 e. The molecule has 1 aromatic carbocycles. The van der Waals surface area contributed by atoms with E-state index in [2.05, 4.69) is 4.74 Å². The van der Waals surface area contributed by atoms with Crippen LogP contribution in [0.1, 0.15) is 15.9 Å². The van der Waals surface area contributed by atoms with E-state index in [0.29, 0.717) is 16.9 Å². The van der Waals surface area contributed by atoms with E-state index in [4.69, 9.17) is 16.3 Å². The fourth-order valence-corrected chi connectivity index (χ4v) is 1.34. The quantitative estimate of drug-likeness (QED) is 0.572. The first kappa shape index (κ1) is 10.9. The molecule has 0 atom stereocenters. The first-order valence-electron chi connectivity index (χ1n) is 4.04. The van der Waals surface area contributed by atoms with Crippen molar-refractivity contribution in [2.75, 3.05) is 14.2 Å². The summed E-state index contributed by atoms with van der Waals surface area (Å²) in [5.41, 5.74) is 1.18. The lowest BCUT2D eigenvalue weighted by Gasteiger charge is -2.07. The van der Waals surface area contributed by atoms with Gasteiger partial charge < -0.3 is 9.47 Å². The van der Waals surface area contributed by atoms with Crippen LogP contribution >= 0.6 is 11.6 Å². The molecule has 0 aromatic heterocycles. The number of benzene rings is 1. The number of rotatable bonds is 3. The standard InChI is InChI=1S/C10H11ClO3/c1-13-8-3-4-9(10(12)14-2)7(5-8)6-11/h3-5H,6H2,1-2H3. The summed E-state index contributed by atoms with van der Waals surface area (Å²) in [6.07, 6.45) is 0. The average Bonchev–Trinajstić information content (AvgIpc) is 2.27. The SMILES string of the molecule is COC(=O)c1ccc(OC)cc1CCl. The Morgan fingerprint density at radius 3 is 2.64 bits per heavy atom. The van der Waals surface area contributed by atoms with Crippen LogP contribution in [0, 0.1) is 0 Å². The number of carbonyl (C=O) groups is 1. The van der Waals surface area contributed by atoms with Crippen LogP contribution in [-0.2, 0) is 10.6 Å². The maximum atomic E-state index is 11.3. The van der Waals surface area contributed by atoms with Crippen LogP contribution in [0.15, 0.2) is 18.2 Å². The van der Waals surface area contributed by atoms with Crippen LogP contribution < -0.4 is 4.74 Å². The molecular formula is C10H11ClO3. The number of hydrogen-bond donors (Lipinski definition) is 0. The van der Waals surface area contributed by atoms with Gasteiger partial charge in [0.25, 0.3) is 0 Å². The van der Waals surface area contributed by atoms with Crippen LogP contribution in [-0.4, -0.2) is 20.2 Å². The van der Waals surface area contributed by atoms with Crippen LogP contribution in [0.4, 0.5) is 0 Å². The molecule has 0 saturated carbocycles. The van der Waals surface area contributed by atoms with Gasteiger partial charge in [0.2, 0.25) is 0 Å². The van der Waals surface area contributed by atoms with E-state index >= 15 is 0 Å². The van der Waals surface area contributed by atoms with Crippen molar-refractivity contribution in [3.63, 3.8) is 0 Å². The predicted molar refractivity (Wildman–Crippen MR) is 53.9 cm³/mol. The molecule has 1 rings (SSSR count). The molecule has 76 valence electrons. The number of esters is 1. The van der Waals surface area contributed by atoms with Gasteiger partial charge in [-0.2, -0.15) is 0 Å². The smallest absolute Gasteiger partial charge is 0.338 e. The van der Waals surface area contributed by atoms with Gasteiger partial charge in [0.1, 0.15) is 5.75 Å². The van der Waals surface area contributed by atoms with Crippen molar-refractivity contribution in [2.45, 2.75) is 5.88 Å². The van der Waals surface area contributed by atoms with E-state index in [9.17, 15) is 4.79 Å². The summed E-state index contributed by atoms with van der Waals surface area (Å²) in [5.74, 6) is 0.540. The number of ether oxygens (including phenoxy) is 2. The average molecular weight is 215 g/mol. The molecule has 1 aromatic rings.